The molecule has 3 nitrogen and oxygen atoms in total. The highest BCUT2D eigenvalue weighted by atomic mass is 19.4. The topological polar surface area (TPSA) is 49.3 Å². The third-order valence-corrected chi connectivity index (χ3v) is 3.65. The van der Waals surface area contributed by atoms with E-state index in [1.165, 1.54) is 0 Å². The van der Waals surface area contributed by atoms with E-state index in [9.17, 15) is 18.0 Å². The standard InChI is InChI=1S/C12H20F3NO2/c1-2-7-16-11(8-10(17)18)5-3-9(4-6-11)12(13,14)15/h9,16H,2-8H2,1H3,(H,17,18). The highest BCUT2D eigenvalue weighted by Gasteiger charge is 2.46. The number of aliphatic carboxylic acids is 1. The summed E-state index contributed by atoms with van der Waals surface area (Å²) in [6, 6.07) is 0. The molecular weight excluding hydrogens is 247 g/mol. The first-order valence-electron chi connectivity index (χ1n) is 6.32. The van der Waals surface area contributed by atoms with Gasteiger partial charge < -0.3 is 10.4 Å². The van der Waals surface area contributed by atoms with Crippen LogP contribution in [-0.2, 0) is 4.79 Å². The van der Waals surface area contributed by atoms with E-state index in [-0.39, 0.29) is 32.1 Å². The van der Waals surface area contributed by atoms with E-state index in [1.54, 1.807) is 0 Å². The lowest BCUT2D eigenvalue weighted by Crippen LogP contribution is -2.50. The monoisotopic (exact) mass is 267 g/mol. The van der Waals surface area contributed by atoms with Crippen molar-refractivity contribution in [2.24, 2.45) is 5.92 Å². The molecule has 1 fully saturated rings. The van der Waals surface area contributed by atoms with Crippen molar-refractivity contribution < 1.29 is 23.1 Å². The minimum absolute atomic E-state index is 0.0213. The summed E-state index contributed by atoms with van der Waals surface area (Å²) >= 11 is 0. The normalized spacial score (nSPS) is 29.2. The second kappa shape index (κ2) is 5.91. The molecule has 2 N–H and O–H groups in total. The minimum atomic E-state index is -4.15. The molecular formula is C12H20F3NO2. The maximum absolute atomic E-state index is 12.6. The molecule has 1 saturated carbocycles. The SMILES string of the molecule is CCCNC1(CC(=O)O)CCC(C(F)(F)F)CC1. The Kier molecular flexibility index (Phi) is 5.01. The molecule has 0 bridgehead atoms. The number of rotatable bonds is 5. The Morgan fingerprint density at radius 1 is 1.39 bits per heavy atom. The van der Waals surface area contributed by atoms with Gasteiger partial charge in [-0.3, -0.25) is 4.79 Å². The van der Waals surface area contributed by atoms with Gasteiger partial charge >= 0.3 is 12.1 Å². The predicted molar refractivity (Wildman–Crippen MR) is 61.3 cm³/mol. The van der Waals surface area contributed by atoms with Crippen LogP contribution in [0.5, 0.6) is 0 Å². The van der Waals surface area contributed by atoms with Gasteiger partial charge in [-0.25, -0.2) is 0 Å². The predicted octanol–water partition coefficient (Wildman–Crippen LogP) is 2.95. The van der Waals surface area contributed by atoms with Gasteiger partial charge in [-0.15, -0.1) is 0 Å². The molecule has 6 heteroatoms. The van der Waals surface area contributed by atoms with Gasteiger partial charge in [0.1, 0.15) is 0 Å². The zero-order valence-electron chi connectivity index (χ0n) is 10.5. The summed E-state index contributed by atoms with van der Waals surface area (Å²) in [5, 5.41) is 12.0. The maximum atomic E-state index is 12.6. The molecule has 0 aliphatic heterocycles. The zero-order valence-corrected chi connectivity index (χ0v) is 10.5. The molecule has 106 valence electrons. The summed E-state index contributed by atoms with van der Waals surface area (Å²) in [6.45, 7) is 2.59. The lowest BCUT2D eigenvalue weighted by atomic mass is 9.74. The van der Waals surface area contributed by atoms with Gasteiger partial charge in [0.05, 0.1) is 12.3 Å². The van der Waals surface area contributed by atoms with Crippen LogP contribution >= 0.6 is 0 Å². The third kappa shape index (κ3) is 4.15. The first kappa shape index (κ1) is 15.3. The van der Waals surface area contributed by atoms with Crippen LogP contribution in [0.2, 0.25) is 0 Å². The molecule has 0 aromatic rings. The summed E-state index contributed by atoms with van der Waals surface area (Å²) in [5.41, 5.74) is -0.649. The Balaban J connectivity index is 2.63. The van der Waals surface area contributed by atoms with E-state index in [1.807, 2.05) is 6.92 Å². The van der Waals surface area contributed by atoms with Crippen LogP contribution in [0.25, 0.3) is 0 Å². The molecule has 0 heterocycles. The van der Waals surface area contributed by atoms with Crippen molar-refractivity contribution in [2.45, 2.75) is 57.2 Å². The van der Waals surface area contributed by atoms with E-state index in [0.29, 0.717) is 6.54 Å². The van der Waals surface area contributed by atoms with Crippen LogP contribution in [0.1, 0.15) is 45.4 Å². The maximum Gasteiger partial charge on any atom is 0.391 e. The van der Waals surface area contributed by atoms with Gasteiger partial charge in [-0.1, -0.05) is 6.92 Å². The number of hydrogen-bond acceptors (Lipinski definition) is 2. The number of nitrogens with one attached hydrogen (secondary N) is 1. The summed E-state index contributed by atoms with van der Waals surface area (Å²) in [5.74, 6) is -2.23. The van der Waals surface area contributed by atoms with Crippen LogP contribution in [0.3, 0.4) is 0 Å². The third-order valence-electron chi connectivity index (χ3n) is 3.65. The van der Waals surface area contributed by atoms with Crippen molar-refractivity contribution in [1.82, 2.24) is 5.32 Å². The molecule has 1 aliphatic carbocycles. The van der Waals surface area contributed by atoms with Crippen molar-refractivity contribution in [3.05, 3.63) is 0 Å². The largest absolute Gasteiger partial charge is 0.481 e. The minimum Gasteiger partial charge on any atom is -0.481 e. The summed E-state index contributed by atoms with van der Waals surface area (Å²) in [6.07, 6.45) is -2.81. The smallest absolute Gasteiger partial charge is 0.391 e. The van der Waals surface area contributed by atoms with Gasteiger partial charge in [0.25, 0.3) is 0 Å². The van der Waals surface area contributed by atoms with Gasteiger partial charge in [0, 0.05) is 5.54 Å². The fourth-order valence-electron chi connectivity index (χ4n) is 2.59. The van der Waals surface area contributed by atoms with E-state index in [0.717, 1.165) is 6.42 Å². The lowest BCUT2D eigenvalue weighted by Gasteiger charge is -2.40. The fraction of sp³-hybridized carbons (Fsp3) is 0.917. The summed E-state index contributed by atoms with van der Waals surface area (Å²) in [7, 11) is 0. The van der Waals surface area contributed by atoms with Crippen LogP contribution in [-0.4, -0.2) is 29.3 Å². The molecule has 0 amide bonds. The second-order valence-corrected chi connectivity index (χ2v) is 5.09. The van der Waals surface area contributed by atoms with Gasteiger partial charge in [-0.05, 0) is 38.6 Å². The van der Waals surface area contributed by atoms with E-state index < -0.39 is 23.6 Å². The number of carboxylic acids is 1. The Bertz CT molecular complexity index is 284. The van der Waals surface area contributed by atoms with E-state index >= 15 is 0 Å². The van der Waals surface area contributed by atoms with Gasteiger partial charge in [0.15, 0.2) is 0 Å². The molecule has 18 heavy (non-hydrogen) atoms. The Labute approximate surface area is 105 Å². The van der Waals surface area contributed by atoms with Gasteiger partial charge in [-0.2, -0.15) is 13.2 Å². The lowest BCUT2D eigenvalue weighted by molar-refractivity contribution is -0.185. The van der Waals surface area contributed by atoms with Crippen LogP contribution in [0.4, 0.5) is 13.2 Å². The number of halogens is 3. The highest BCUT2D eigenvalue weighted by Crippen LogP contribution is 2.42. The molecule has 0 saturated heterocycles. The number of alkyl halides is 3. The van der Waals surface area contributed by atoms with Crippen LogP contribution in [0, 0.1) is 5.92 Å². The summed E-state index contributed by atoms with van der Waals surface area (Å²) in [4.78, 5) is 10.9. The Morgan fingerprint density at radius 2 is 1.94 bits per heavy atom. The average Bonchev–Trinajstić information content (AvgIpc) is 2.25. The summed E-state index contributed by atoms with van der Waals surface area (Å²) < 4.78 is 37.7. The van der Waals surface area contributed by atoms with Crippen molar-refractivity contribution in [3.8, 4) is 0 Å². The number of carbonyl (C=O) groups is 1. The Morgan fingerprint density at radius 3 is 2.33 bits per heavy atom. The molecule has 0 spiro atoms. The average molecular weight is 267 g/mol. The van der Waals surface area contributed by atoms with Gasteiger partial charge in [0.2, 0.25) is 0 Å². The molecule has 0 atom stereocenters. The molecule has 1 aliphatic rings. The van der Waals surface area contributed by atoms with Crippen molar-refractivity contribution >= 4 is 5.97 Å². The van der Waals surface area contributed by atoms with Crippen molar-refractivity contribution in [1.29, 1.82) is 0 Å². The quantitative estimate of drug-likeness (QED) is 0.805. The fourth-order valence-corrected chi connectivity index (χ4v) is 2.59. The van der Waals surface area contributed by atoms with Crippen molar-refractivity contribution in [2.75, 3.05) is 6.54 Å². The van der Waals surface area contributed by atoms with E-state index in [4.69, 9.17) is 5.11 Å². The molecule has 0 aromatic carbocycles. The molecule has 0 aromatic heterocycles. The molecule has 0 unspecified atom stereocenters. The van der Waals surface area contributed by atoms with Crippen molar-refractivity contribution in [3.63, 3.8) is 0 Å². The first-order valence-corrected chi connectivity index (χ1v) is 6.32. The first-order chi connectivity index (χ1) is 8.29. The highest BCUT2D eigenvalue weighted by molar-refractivity contribution is 5.68. The number of hydrogen-bond donors (Lipinski definition) is 2. The zero-order chi connectivity index (χ0) is 13.8. The molecule has 1 rings (SSSR count). The molecule has 0 radical (unpaired) electrons. The van der Waals surface area contributed by atoms with Crippen LogP contribution in [0.15, 0.2) is 0 Å². The van der Waals surface area contributed by atoms with E-state index in [2.05, 4.69) is 5.32 Å². The Hall–Kier alpha value is -0.780. The second-order valence-electron chi connectivity index (χ2n) is 5.09. The van der Waals surface area contributed by atoms with Crippen LogP contribution < -0.4 is 5.32 Å². The number of carboxylic acid groups (broad SMARTS) is 1.